The van der Waals surface area contributed by atoms with E-state index in [1.165, 1.54) is 33.6 Å². The Balaban J connectivity index is 1.53. The van der Waals surface area contributed by atoms with Crippen molar-refractivity contribution in [3.8, 4) is 22.4 Å². The molecule has 220 valence electrons. The van der Waals surface area contributed by atoms with Gasteiger partial charge in [-0.1, -0.05) is 89.9 Å². The number of para-hydroxylation sites is 1. The van der Waals surface area contributed by atoms with E-state index in [2.05, 4.69) is 93.6 Å². The molecule has 1 aliphatic heterocycles. The summed E-state index contributed by atoms with van der Waals surface area (Å²) in [6.07, 6.45) is 6.16. The fourth-order valence-electron chi connectivity index (χ4n) is 6.16. The normalized spacial score (nSPS) is 13.7. The van der Waals surface area contributed by atoms with Crippen molar-refractivity contribution < 1.29 is 0 Å². The lowest BCUT2D eigenvalue weighted by molar-refractivity contribution is 0.805. The molecule has 2 aromatic heterocycles. The van der Waals surface area contributed by atoms with Gasteiger partial charge in [0.25, 0.3) is 0 Å². The van der Waals surface area contributed by atoms with E-state index in [0.717, 1.165) is 48.6 Å². The summed E-state index contributed by atoms with van der Waals surface area (Å²) >= 11 is 13.2. The lowest BCUT2D eigenvalue weighted by Crippen LogP contribution is -2.28. The second-order valence-corrected chi connectivity index (χ2v) is 13.1. The zero-order valence-corrected chi connectivity index (χ0v) is 27.4. The summed E-state index contributed by atoms with van der Waals surface area (Å²) in [5, 5.41) is 1.22. The highest BCUT2D eigenvalue weighted by Crippen LogP contribution is 2.41. The van der Waals surface area contributed by atoms with Gasteiger partial charge in [-0.2, -0.15) is 0 Å². The first-order valence-corrected chi connectivity index (χ1v) is 15.9. The van der Waals surface area contributed by atoms with Crippen LogP contribution >= 0.6 is 23.2 Å². The van der Waals surface area contributed by atoms with Crippen LogP contribution in [0.4, 0.5) is 11.4 Å². The van der Waals surface area contributed by atoms with Crippen molar-refractivity contribution >= 4 is 34.6 Å². The van der Waals surface area contributed by atoms with Gasteiger partial charge in [-0.25, -0.2) is 0 Å². The molecule has 5 rings (SSSR count). The van der Waals surface area contributed by atoms with Crippen LogP contribution in [0, 0.1) is 0 Å². The maximum Gasteiger partial charge on any atom is 0.0904 e. The molecule has 0 unspecified atom stereocenters. The number of benzene rings is 2. The van der Waals surface area contributed by atoms with E-state index in [0.29, 0.717) is 27.8 Å². The number of hydrogen-bond acceptors (Lipinski definition) is 4. The highest BCUT2D eigenvalue weighted by atomic mass is 35.5. The number of aryl methyl sites for hydroxylation is 1. The van der Waals surface area contributed by atoms with Gasteiger partial charge >= 0.3 is 0 Å². The van der Waals surface area contributed by atoms with E-state index in [1.54, 1.807) is 18.5 Å². The molecule has 6 heteroatoms. The van der Waals surface area contributed by atoms with E-state index >= 15 is 0 Å². The monoisotopic (exact) mass is 600 g/mol. The number of aromatic nitrogens is 2. The van der Waals surface area contributed by atoms with Crippen molar-refractivity contribution in [2.45, 2.75) is 72.6 Å². The van der Waals surface area contributed by atoms with Crippen LogP contribution < -0.4 is 9.80 Å². The van der Waals surface area contributed by atoms with E-state index < -0.39 is 0 Å². The minimum atomic E-state index is 0.359. The molecule has 0 saturated carbocycles. The first kappa shape index (κ1) is 30.4. The van der Waals surface area contributed by atoms with Gasteiger partial charge in [0.1, 0.15) is 0 Å². The zero-order valence-electron chi connectivity index (χ0n) is 25.9. The summed E-state index contributed by atoms with van der Waals surface area (Å²) < 4.78 is 0. The van der Waals surface area contributed by atoms with E-state index in [1.807, 2.05) is 12.3 Å². The summed E-state index contributed by atoms with van der Waals surface area (Å²) in [6, 6.07) is 15.2. The van der Waals surface area contributed by atoms with Gasteiger partial charge in [0.15, 0.2) is 0 Å². The third-order valence-corrected chi connectivity index (χ3v) is 9.03. The summed E-state index contributed by atoms with van der Waals surface area (Å²) in [7, 11) is 0. The Morgan fingerprint density at radius 2 is 1.36 bits per heavy atom. The number of halogens is 2. The summed E-state index contributed by atoms with van der Waals surface area (Å²) in [4.78, 5) is 14.3. The van der Waals surface area contributed by atoms with E-state index in [9.17, 15) is 0 Å². The molecule has 0 spiro atoms. The molecule has 1 aliphatic rings. The summed E-state index contributed by atoms with van der Waals surface area (Å²) in [5.41, 5.74) is 11.9. The Hall–Kier alpha value is -3.08. The molecule has 0 radical (unpaired) electrons. The van der Waals surface area contributed by atoms with Crippen LogP contribution in [-0.4, -0.2) is 29.7 Å². The first-order valence-electron chi connectivity index (χ1n) is 15.2. The maximum atomic E-state index is 6.80. The van der Waals surface area contributed by atoms with Crippen LogP contribution in [0.1, 0.15) is 88.5 Å². The van der Waals surface area contributed by atoms with Crippen molar-refractivity contribution in [2.24, 2.45) is 0 Å². The molecular formula is C36H42Cl2N4. The van der Waals surface area contributed by atoms with Crippen LogP contribution in [0.25, 0.3) is 22.4 Å². The SMILES string of the molecule is CCc1cc(-c2cc(Cl)c(-c3cnccc3Cl)cn2)cc(C(C)C)c1N1CCN(c2c(C(C)C)cccc2C(C)C)C1. The molecule has 0 amide bonds. The fourth-order valence-corrected chi connectivity index (χ4v) is 6.62. The molecule has 3 heterocycles. The molecule has 0 aliphatic carbocycles. The molecule has 1 fully saturated rings. The van der Waals surface area contributed by atoms with E-state index in [4.69, 9.17) is 28.2 Å². The second kappa shape index (κ2) is 12.7. The summed E-state index contributed by atoms with van der Waals surface area (Å²) in [6.45, 7) is 18.9. The molecule has 1 saturated heterocycles. The molecule has 0 bridgehead atoms. The van der Waals surface area contributed by atoms with Crippen LogP contribution in [-0.2, 0) is 6.42 Å². The predicted molar refractivity (Wildman–Crippen MR) is 181 cm³/mol. The number of pyridine rings is 2. The largest absolute Gasteiger partial charge is 0.352 e. The average molecular weight is 602 g/mol. The van der Waals surface area contributed by atoms with Crippen molar-refractivity contribution in [3.63, 3.8) is 0 Å². The lowest BCUT2D eigenvalue weighted by Gasteiger charge is -2.30. The van der Waals surface area contributed by atoms with Crippen molar-refractivity contribution in [1.82, 2.24) is 9.97 Å². The van der Waals surface area contributed by atoms with E-state index in [-0.39, 0.29) is 0 Å². The standard InChI is InChI=1S/C36H42Cl2N4/c1-8-25-16-26(34-18-33(38)31(20-40-34)30-19-39-13-12-32(30)37)17-29(24(6)7)35(25)41-14-15-42(21-41)36-27(22(2)3)10-9-11-28(36)23(4)5/h9-13,16-20,22-24H,8,14-15,21H2,1-7H3. The van der Waals surface area contributed by atoms with Crippen LogP contribution in [0.2, 0.25) is 10.0 Å². The summed E-state index contributed by atoms with van der Waals surface area (Å²) in [5.74, 6) is 1.31. The minimum Gasteiger partial charge on any atom is -0.352 e. The van der Waals surface area contributed by atoms with Crippen LogP contribution in [0.5, 0.6) is 0 Å². The number of hydrogen-bond donors (Lipinski definition) is 0. The van der Waals surface area contributed by atoms with Gasteiger partial charge in [-0.15, -0.1) is 0 Å². The Labute approximate surface area is 261 Å². The minimum absolute atomic E-state index is 0.359. The van der Waals surface area contributed by atoms with Crippen LogP contribution in [0.15, 0.2) is 61.1 Å². The van der Waals surface area contributed by atoms with Gasteiger partial charge in [-0.3, -0.25) is 9.97 Å². The highest BCUT2D eigenvalue weighted by molar-refractivity contribution is 6.36. The van der Waals surface area contributed by atoms with Gasteiger partial charge < -0.3 is 9.80 Å². The second-order valence-electron chi connectivity index (χ2n) is 12.2. The Kier molecular flexibility index (Phi) is 9.15. The van der Waals surface area contributed by atoms with Gasteiger partial charge in [0.2, 0.25) is 0 Å². The highest BCUT2D eigenvalue weighted by Gasteiger charge is 2.29. The maximum absolute atomic E-state index is 6.80. The molecule has 2 aromatic carbocycles. The average Bonchev–Trinajstić information content (AvgIpc) is 3.46. The molecule has 4 aromatic rings. The molecule has 4 nitrogen and oxygen atoms in total. The Bertz CT molecular complexity index is 1550. The zero-order chi connectivity index (χ0) is 30.1. The number of nitrogens with zero attached hydrogens (tertiary/aromatic N) is 4. The Morgan fingerprint density at radius 3 is 1.93 bits per heavy atom. The van der Waals surface area contributed by atoms with Crippen molar-refractivity contribution in [1.29, 1.82) is 0 Å². The molecule has 0 atom stereocenters. The van der Waals surface area contributed by atoms with Gasteiger partial charge in [0, 0.05) is 59.7 Å². The van der Waals surface area contributed by atoms with Gasteiger partial charge in [-0.05, 0) is 70.7 Å². The lowest BCUT2D eigenvalue weighted by atomic mass is 9.91. The first-order chi connectivity index (χ1) is 20.1. The Morgan fingerprint density at radius 1 is 0.738 bits per heavy atom. The molecule has 0 N–H and O–H groups in total. The molecule has 42 heavy (non-hydrogen) atoms. The third kappa shape index (κ3) is 5.89. The predicted octanol–water partition coefficient (Wildman–Crippen LogP) is 10.3. The van der Waals surface area contributed by atoms with Crippen molar-refractivity contribution in [2.75, 3.05) is 29.6 Å². The van der Waals surface area contributed by atoms with Crippen molar-refractivity contribution in [3.05, 3.63) is 93.4 Å². The number of rotatable bonds is 8. The quantitative estimate of drug-likeness (QED) is 0.201. The fraction of sp³-hybridized carbons (Fsp3) is 0.389. The molecular weight excluding hydrogens is 559 g/mol. The third-order valence-electron chi connectivity index (χ3n) is 8.38. The number of anilines is 2. The smallest absolute Gasteiger partial charge is 0.0904 e. The van der Waals surface area contributed by atoms with Gasteiger partial charge in [0.05, 0.1) is 22.4 Å². The van der Waals surface area contributed by atoms with Crippen LogP contribution in [0.3, 0.4) is 0 Å². The topological polar surface area (TPSA) is 32.3 Å².